The molecule has 162 valence electrons. The summed E-state index contributed by atoms with van der Waals surface area (Å²) in [6, 6.07) is 12.6. The van der Waals surface area contributed by atoms with Crippen LogP contribution in [0, 0.1) is 0 Å². The van der Waals surface area contributed by atoms with Crippen LogP contribution in [0.1, 0.15) is 111 Å². The normalized spacial score (nSPS) is 18.5. The highest BCUT2D eigenvalue weighted by Crippen LogP contribution is 2.38. The molecule has 0 bridgehead atoms. The third-order valence-corrected chi connectivity index (χ3v) is 7.45. The van der Waals surface area contributed by atoms with Crippen molar-refractivity contribution in [3.05, 3.63) is 58.7 Å². The molecular formula is C28H38O2. The standard InChI is InChI=1S/C28H38O2/c29-27-17-15-21(19-25(27)23-11-3-1-4-12-23)9-7-8-10-22-16-18-28(30)26(20-22)24-13-5-2-6-14-24/h15-20,23-24,29-30H,1-14H2. The lowest BCUT2D eigenvalue weighted by Crippen LogP contribution is -2.05. The molecule has 2 fully saturated rings. The van der Waals surface area contributed by atoms with E-state index >= 15 is 0 Å². The number of aryl methyl sites for hydroxylation is 2. The van der Waals surface area contributed by atoms with Gasteiger partial charge in [0.2, 0.25) is 0 Å². The first-order chi connectivity index (χ1) is 14.7. The number of unbranched alkanes of at least 4 members (excludes halogenated alkanes) is 1. The Kier molecular flexibility index (Phi) is 7.36. The molecule has 2 nitrogen and oxygen atoms in total. The molecule has 0 heterocycles. The zero-order chi connectivity index (χ0) is 20.8. The second-order valence-corrected chi connectivity index (χ2v) is 9.66. The van der Waals surface area contributed by atoms with E-state index in [1.165, 1.54) is 86.5 Å². The van der Waals surface area contributed by atoms with E-state index in [1.807, 2.05) is 12.1 Å². The monoisotopic (exact) mass is 406 g/mol. The van der Waals surface area contributed by atoms with Crippen molar-refractivity contribution in [3.63, 3.8) is 0 Å². The zero-order valence-corrected chi connectivity index (χ0v) is 18.4. The predicted molar refractivity (Wildman–Crippen MR) is 125 cm³/mol. The van der Waals surface area contributed by atoms with Gasteiger partial charge in [0.25, 0.3) is 0 Å². The first-order valence-corrected chi connectivity index (χ1v) is 12.3. The van der Waals surface area contributed by atoms with Crippen LogP contribution < -0.4 is 0 Å². The maximum Gasteiger partial charge on any atom is 0.119 e. The maximum atomic E-state index is 10.3. The predicted octanol–water partition coefficient (Wildman–Crippen LogP) is 7.76. The third kappa shape index (κ3) is 5.39. The summed E-state index contributed by atoms with van der Waals surface area (Å²) in [5, 5.41) is 20.7. The van der Waals surface area contributed by atoms with E-state index in [1.54, 1.807) is 0 Å². The SMILES string of the molecule is Oc1ccc(CCCCc2ccc(O)c(C3CCCCC3)c2)cc1C1CCCCC1. The molecular weight excluding hydrogens is 368 g/mol. The molecule has 2 N–H and O–H groups in total. The summed E-state index contributed by atoms with van der Waals surface area (Å²) in [6.45, 7) is 0. The van der Waals surface area contributed by atoms with Crippen molar-refractivity contribution in [3.8, 4) is 11.5 Å². The highest BCUT2D eigenvalue weighted by atomic mass is 16.3. The molecule has 0 amide bonds. The van der Waals surface area contributed by atoms with Crippen molar-refractivity contribution < 1.29 is 10.2 Å². The van der Waals surface area contributed by atoms with Gasteiger partial charge in [-0.25, -0.2) is 0 Å². The Hall–Kier alpha value is -1.96. The first-order valence-electron chi connectivity index (χ1n) is 12.3. The van der Waals surface area contributed by atoms with Crippen LogP contribution in [0.4, 0.5) is 0 Å². The lowest BCUT2D eigenvalue weighted by Gasteiger charge is -2.23. The summed E-state index contributed by atoms with van der Waals surface area (Å²) in [7, 11) is 0. The van der Waals surface area contributed by atoms with Crippen molar-refractivity contribution in [1.29, 1.82) is 0 Å². The van der Waals surface area contributed by atoms with Gasteiger partial charge in [-0.2, -0.15) is 0 Å². The molecule has 0 aliphatic heterocycles. The topological polar surface area (TPSA) is 40.5 Å². The summed E-state index contributed by atoms with van der Waals surface area (Å²) in [5.74, 6) is 2.08. The molecule has 30 heavy (non-hydrogen) atoms. The van der Waals surface area contributed by atoms with Crippen molar-refractivity contribution >= 4 is 0 Å². The van der Waals surface area contributed by atoms with Crippen molar-refractivity contribution in [1.82, 2.24) is 0 Å². The van der Waals surface area contributed by atoms with Crippen LogP contribution in [-0.4, -0.2) is 10.2 Å². The second kappa shape index (κ2) is 10.4. The van der Waals surface area contributed by atoms with Gasteiger partial charge in [-0.15, -0.1) is 0 Å². The zero-order valence-electron chi connectivity index (χ0n) is 18.4. The van der Waals surface area contributed by atoms with Crippen LogP contribution in [0.3, 0.4) is 0 Å². The van der Waals surface area contributed by atoms with Crippen molar-refractivity contribution in [2.75, 3.05) is 0 Å². The Balaban J connectivity index is 1.31. The lowest BCUT2D eigenvalue weighted by molar-refractivity contribution is 0.413. The maximum absolute atomic E-state index is 10.3. The van der Waals surface area contributed by atoms with Crippen LogP contribution in [0.5, 0.6) is 11.5 Å². The number of rotatable bonds is 7. The van der Waals surface area contributed by atoms with Gasteiger partial charge < -0.3 is 10.2 Å². The Morgan fingerprint density at radius 2 is 0.967 bits per heavy atom. The Morgan fingerprint density at radius 3 is 1.37 bits per heavy atom. The fraction of sp³-hybridized carbons (Fsp3) is 0.571. The van der Waals surface area contributed by atoms with Crippen LogP contribution in [-0.2, 0) is 12.8 Å². The molecule has 0 radical (unpaired) electrons. The molecule has 2 saturated carbocycles. The second-order valence-electron chi connectivity index (χ2n) is 9.66. The molecule has 0 unspecified atom stereocenters. The van der Waals surface area contributed by atoms with E-state index in [9.17, 15) is 10.2 Å². The van der Waals surface area contributed by atoms with E-state index in [4.69, 9.17) is 0 Å². The average molecular weight is 407 g/mol. The molecule has 0 atom stereocenters. The highest BCUT2D eigenvalue weighted by molar-refractivity contribution is 5.40. The van der Waals surface area contributed by atoms with Gasteiger partial charge in [0.1, 0.15) is 11.5 Å². The number of hydrogen-bond donors (Lipinski definition) is 2. The van der Waals surface area contributed by atoms with E-state index in [-0.39, 0.29) is 0 Å². The van der Waals surface area contributed by atoms with Gasteiger partial charge in [-0.1, -0.05) is 62.8 Å². The Morgan fingerprint density at radius 1 is 0.567 bits per heavy atom. The number of benzene rings is 2. The molecule has 2 heteroatoms. The largest absolute Gasteiger partial charge is 0.508 e. The minimum atomic E-state index is 0.491. The van der Waals surface area contributed by atoms with Gasteiger partial charge in [-0.05, 0) is 97.6 Å². The lowest BCUT2D eigenvalue weighted by atomic mass is 9.82. The van der Waals surface area contributed by atoms with Crippen LogP contribution in [0.25, 0.3) is 0 Å². The fourth-order valence-electron chi connectivity index (χ4n) is 5.66. The molecule has 0 spiro atoms. The molecule has 2 aliphatic carbocycles. The minimum Gasteiger partial charge on any atom is -0.508 e. The van der Waals surface area contributed by atoms with Crippen LogP contribution in [0.2, 0.25) is 0 Å². The van der Waals surface area contributed by atoms with Gasteiger partial charge in [0, 0.05) is 0 Å². The van der Waals surface area contributed by atoms with E-state index in [2.05, 4.69) is 24.3 Å². The molecule has 0 aromatic heterocycles. The molecule has 2 aromatic carbocycles. The summed E-state index contributed by atoms with van der Waals surface area (Å²) in [5.41, 5.74) is 5.09. The molecule has 0 saturated heterocycles. The van der Waals surface area contributed by atoms with Gasteiger partial charge in [0.15, 0.2) is 0 Å². The number of phenolic OH excluding ortho intramolecular Hbond substituents is 2. The van der Waals surface area contributed by atoms with Crippen molar-refractivity contribution in [2.45, 2.75) is 102 Å². The molecule has 2 aromatic rings. The van der Waals surface area contributed by atoms with Gasteiger partial charge in [-0.3, -0.25) is 0 Å². The van der Waals surface area contributed by atoms with Gasteiger partial charge in [0.05, 0.1) is 0 Å². The average Bonchev–Trinajstić information content (AvgIpc) is 2.80. The van der Waals surface area contributed by atoms with E-state index in [0.717, 1.165) is 25.7 Å². The Labute approximate surface area is 182 Å². The quantitative estimate of drug-likeness (QED) is 0.461. The van der Waals surface area contributed by atoms with Crippen LogP contribution >= 0.6 is 0 Å². The Bertz CT molecular complexity index is 744. The number of aromatic hydroxyl groups is 2. The first kappa shape index (κ1) is 21.3. The summed E-state index contributed by atoms with van der Waals surface area (Å²) < 4.78 is 0. The van der Waals surface area contributed by atoms with E-state index < -0.39 is 0 Å². The smallest absolute Gasteiger partial charge is 0.119 e. The van der Waals surface area contributed by atoms with Gasteiger partial charge >= 0.3 is 0 Å². The molecule has 4 rings (SSSR count). The van der Waals surface area contributed by atoms with E-state index in [0.29, 0.717) is 23.3 Å². The number of hydrogen-bond acceptors (Lipinski definition) is 2. The van der Waals surface area contributed by atoms with Crippen molar-refractivity contribution in [2.24, 2.45) is 0 Å². The van der Waals surface area contributed by atoms with Crippen LogP contribution in [0.15, 0.2) is 36.4 Å². The summed E-state index contributed by atoms with van der Waals surface area (Å²) in [4.78, 5) is 0. The highest BCUT2D eigenvalue weighted by Gasteiger charge is 2.20. The fourth-order valence-corrected chi connectivity index (χ4v) is 5.66. The third-order valence-electron chi connectivity index (χ3n) is 7.45. The summed E-state index contributed by atoms with van der Waals surface area (Å²) >= 11 is 0. The number of phenols is 2. The minimum absolute atomic E-state index is 0.491. The summed E-state index contributed by atoms with van der Waals surface area (Å²) in [6.07, 6.45) is 17.2. The molecule has 2 aliphatic rings.